The number of carbonyl (C=O) groups is 1. The second kappa shape index (κ2) is 6.65. The van der Waals surface area contributed by atoms with Crippen molar-refractivity contribution < 1.29 is 26.4 Å². The normalized spacial score (nSPS) is 12.8. The zero-order chi connectivity index (χ0) is 18.1. The summed E-state index contributed by atoms with van der Waals surface area (Å²) in [5.41, 5.74) is 0.302. The first-order valence-electron chi connectivity index (χ1n) is 6.88. The highest BCUT2D eigenvalue weighted by molar-refractivity contribution is 7.89. The van der Waals surface area contributed by atoms with Gasteiger partial charge in [0.15, 0.2) is 5.13 Å². The Morgan fingerprint density at radius 3 is 2.46 bits per heavy atom. The largest absolute Gasteiger partial charge is 0.471 e. The first-order chi connectivity index (χ1) is 11.1. The lowest BCUT2D eigenvalue weighted by atomic mass is 10.3. The summed E-state index contributed by atoms with van der Waals surface area (Å²) >= 11 is 0.773. The number of thiazole rings is 1. The molecule has 132 valence electrons. The Morgan fingerprint density at radius 1 is 1.29 bits per heavy atom. The summed E-state index contributed by atoms with van der Waals surface area (Å²) in [5, 5.41) is 1.41. The highest BCUT2D eigenvalue weighted by Crippen LogP contribution is 2.30. The number of halogens is 3. The predicted molar refractivity (Wildman–Crippen MR) is 84.4 cm³/mol. The van der Waals surface area contributed by atoms with E-state index in [0.29, 0.717) is 23.3 Å². The van der Waals surface area contributed by atoms with Crippen LogP contribution in [0.4, 0.5) is 18.3 Å². The second-order valence-corrected chi connectivity index (χ2v) is 7.66. The molecule has 1 aromatic carbocycles. The molecule has 6 nitrogen and oxygen atoms in total. The molecule has 0 aliphatic rings. The lowest BCUT2D eigenvalue weighted by molar-refractivity contribution is -0.167. The van der Waals surface area contributed by atoms with Crippen molar-refractivity contribution in [2.75, 3.05) is 18.4 Å². The van der Waals surface area contributed by atoms with E-state index < -0.39 is 22.1 Å². The number of rotatable bonds is 5. The third-order valence-corrected chi connectivity index (χ3v) is 6.16. The fourth-order valence-electron chi connectivity index (χ4n) is 2.00. The summed E-state index contributed by atoms with van der Waals surface area (Å²) in [6.07, 6.45) is -5.02. The van der Waals surface area contributed by atoms with Crippen molar-refractivity contribution in [1.82, 2.24) is 9.29 Å². The Morgan fingerprint density at radius 2 is 1.92 bits per heavy atom. The van der Waals surface area contributed by atoms with E-state index in [-0.39, 0.29) is 10.0 Å². The SMILES string of the molecule is CCN(CC)S(=O)(=O)c1ccc2nc(NC(=O)C(F)(F)F)sc2c1. The molecule has 11 heteroatoms. The average Bonchev–Trinajstić information content (AvgIpc) is 2.88. The second-order valence-electron chi connectivity index (χ2n) is 4.69. The molecule has 1 amide bonds. The molecule has 0 spiro atoms. The molecule has 0 aliphatic carbocycles. The molecule has 0 unspecified atom stereocenters. The van der Waals surface area contributed by atoms with E-state index in [4.69, 9.17) is 0 Å². The lowest BCUT2D eigenvalue weighted by Gasteiger charge is -2.18. The van der Waals surface area contributed by atoms with Gasteiger partial charge < -0.3 is 0 Å². The van der Waals surface area contributed by atoms with Crippen molar-refractivity contribution >= 4 is 42.6 Å². The number of anilines is 1. The van der Waals surface area contributed by atoms with Crippen LogP contribution >= 0.6 is 11.3 Å². The minimum absolute atomic E-state index is 0.0241. The number of nitrogens with zero attached hydrogens (tertiary/aromatic N) is 2. The van der Waals surface area contributed by atoms with Gasteiger partial charge in [-0.05, 0) is 18.2 Å². The Balaban J connectivity index is 2.38. The maximum Gasteiger partial charge on any atom is 0.471 e. The van der Waals surface area contributed by atoms with Gasteiger partial charge in [0.25, 0.3) is 0 Å². The fourth-order valence-corrected chi connectivity index (χ4v) is 4.46. The number of hydrogen-bond acceptors (Lipinski definition) is 5. The van der Waals surface area contributed by atoms with Crippen molar-refractivity contribution in [2.45, 2.75) is 24.9 Å². The molecule has 2 aromatic rings. The van der Waals surface area contributed by atoms with E-state index in [9.17, 15) is 26.4 Å². The van der Waals surface area contributed by atoms with E-state index >= 15 is 0 Å². The van der Waals surface area contributed by atoms with E-state index in [1.165, 1.54) is 22.5 Å². The number of sulfonamides is 1. The molecule has 1 aromatic heterocycles. The maximum atomic E-state index is 12.4. The van der Waals surface area contributed by atoms with Gasteiger partial charge in [-0.3, -0.25) is 10.1 Å². The molecule has 1 heterocycles. The summed E-state index contributed by atoms with van der Waals surface area (Å²) < 4.78 is 63.3. The fraction of sp³-hybridized carbons (Fsp3) is 0.385. The van der Waals surface area contributed by atoms with Crippen LogP contribution in [0.5, 0.6) is 0 Å². The van der Waals surface area contributed by atoms with Crippen molar-refractivity contribution in [3.05, 3.63) is 18.2 Å². The quantitative estimate of drug-likeness (QED) is 0.864. The summed E-state index contributed by atoms with van der Waals surface area (Å²) in [7, 11) is -3.68. The van der Waals surface area contributed by atoms with Crippen molar-refractivity contribution in [3.8, 4) is 0 Å². The summed E-state index contributed by atoms with van der Waals surface area (Å²) in [5.74, 6) is -2.13. The Labute approximate surface area is 140 Å². The van der Waals surface area contributed by atoms with Crippen LogP contribution in [0.2, 0.25) is 0 Å². The number of carbonyl (C=O) groups excluding carboxylic acids is 1. The molecule has 0 aliphatic heterocycles. The van der Waals surface area contributed by atoms with Crippen LogP contribution in [0.15, 0.2) is 23.1 Å². The molecule has 2 rings (SSSR count). The topological polar surface area (TPSA) is 79.4 Å². The number of amides is 1. The standard InChI is InChI=1S/C13H14F3N3O3S2/c1-3-19(4-2)24(21,22)8-5-6-9-10(7-8)23-12(17-9)18-11(20)13(14,15)16/h5-7H,3-4H2,1-2H3,(H,17,18,20). The van der Waals surface area contributed by atoms with Crippen LogP contribution in [-0.2, 0) is 14.8 Å². The summed E-state index contributed by atoms with van der Waals surface area (Å²) in [4.78, 5) is 14.8. The van der Waals surface area contributed by atoms with Crippen LogP contribution in [0.1, 0.15) is 13.8 Å². The van der Waals surface area contributed by atoms with E-state index in [0.717, 1.165) is 11.3 Å². The van der Waals surface area contributed by atoms with Gasteiger partial charge in [-0.2, -0.15) is 17.5 Å². The highest BCUT2D eigenvalue weighted by Gasteiger charge is 2.39. The molecule has 0 saturated heterocycles. The van der Waals surface area contributed by atoms with Crippen LogP contribution < -0.4 is 5.32 Å². The molecule has 1 N–H and O–H groups in total. The smallest absolute Gasteiger partial charge is 0.294 e. The number of aromatic nitrogens is 1. The first kappa shape index (κ1) is 18.6. The van der Waals surface area contributed by atoms with E-state index in [2.05, 4.69) is 4.98 Å². The van der Waals surface area contributed by atoms with Gasteiger partial charge in [-0.1, -0.05) is 25.2 Å². The molecule has 0 atom stereocenters. The first-order valence-corrected chi connectivity index (χ1v) is 9.14. The van der Waals surface area contributed by atoms with Gasteiger partial charge in [-0.25, -0.2) is 13.4 Å². The zero-order valence-corrected chi connectivity index (χ0v) is 14.3. The number of alkyl halides is 3. The van der Waals surface area contributed by atoms with Crippen molar-refractivity contribution in [1.29, 1.82) is 0 Å². The van der Waals surface area contributed by atoms with Crippen LogP contribution in [-0.4, -0.2) is 42.9 Å². The van der Waals surface area contributed by atoms with Gasteiger partial charge in [-0.15, -0.1) is 0 Å². The van der Waals surface area contributed by atoms with Crippen molar-refractivity contribution in [3.63, 3.8) is 0 Å². The minimum atomic E-state index is -5.02. The average molecular weight is 381 g/mol. The van der Waals surface area contributed by atoms with E-state index in [1.807, 2.05) is 0 Å². The predicted octanol–water partition coefficient (Wildman–Crippen LogP) is 2.83. The van der Waals surface area contributed by atoms with Gasteiger partial charge in [0.2, 0.25) is 10.0 Å². The number of nitrogens with one attached hydrogen (secondary N) is 1. The molecule has 24 heavy (non-hydrogen) atoms. The third-order valence-electron chi connectivity index (χ3n) is 3.18. The summed E-state index contributed by atoms with van der Waals surface area (Å²) in [6, 6.07) is 4.07. The van der Waals surface area contributed by atoms with Gasteiger partial charge in [0.05, 0.1) is 15.1 Å². The Hall–Kier alpha value is -1.72. The number of fused-ring (bicyclic) bond motifs is 1. The number of hydrogen-bond donors (Lipinski definition) is 1. The molecule has 0 bridgehead atoms. The monoisotopic (exact) mass is 381 g/mol. The summed E-state index contributed by atoms with van der Waals surface area (Å²) in [6.45, 7) is 4.01. The molecule has 0 radical (unpaired) electrons. The Bertz CT molecular complexity index is 858. The Kier molecular flexibility index (Phi) is 5.16. The third kappa shape index (κ3) is 3.68. The molecule has 0 saturated carbocycles. The molecular weight excluding hydrogens is 367 g/mol. The van der Waals surface area contributed by atoms with Gasteiger partial charge >= 0.3 is 12.1 Å². The number of benzene rings is 1. The lowest BCUT2D eigenvalue weighted by Crippen LogP contribution is -2.30. The molecular formula is C13H14F3N3O3S2. The zero-order valence-electron chi connectivity index (χ0n) is 12.7. The van der Waals surface area contributed by atoms with Crippen LogP contribution in [0, 0.1) is 0 Å². The van der Waals surface area contributed by atoms with Gasteiger partial charge in [0.1, 0.15) is 0 Å². The minimum Gasteiger partial charge on any atom is -0.294 e. The van der Waals surface area contributed by atoms with Gasteiger partial charge in [0, 0.05) is 13.1 Å². The molecule has 0 fully saturated rings. The highest BCUT2D eigenvalue weighted by atomic mass is 32.2. The van der Waals surface area contributed by atoms with Crippen molar-refractivity contribution in [2.24, 2.45) is 0 Å². The van der Waals surface area contributed by atoms with Crippen LogP contribution in [0.3, 0.4) is 0 Å². The van der Waals surface area contributed by atoms with E-state index in [1.54, 1.807) is 19.2 Å². The van der Waals surface area contributed by atoms with Crippen LogP contribution in [0.25, 0.3) is 10.2 Å². The maximum absolute atomic E-state index is 12.4.